The highest BCUT2D eigenvalue weighted by molar-refractivity contribution is 9.10. The van der Waals surface area contributed by atoms with Gasteiger partial charge in [-0.1, -0.05) is 15.9 Å². The first kappa shape index (κ1) is 14.7. The van der Waals surface area contributed by atoms with E-state index in [1.807, 2.05) is 22.7 Å². The first-order chi connectivity index (χ1) is 10.1. The Morgan fingerprint density at radius 1 is 1.33 bits per heavy atom. The Bertz CT molecular complexity index is 762. The average molecular weight is 365 g/mol. The lowest BCUT2D eigenvalue weighted by Crippen LogP contribution is -2.16. The molecule has 1 N–H and O–H groups in total. The molecule has 0 saturated heterocycles. The molecule has 0 saturated carbocycles. The molecule has 0 fully saturated rings. The van der Waals surface area contributed by atoms with Crippen molar-refractivity contribution >= 4 is 32.9 Å². The van der Waals surface area contributed by atoms with Crippen molar-refractivity contribution in [2.75, 3.05) is 6.54 Å². The summed E-state index contributed by atoms with van der Waals surface area (Å²) < 4.78 is 3.09. The van der Waals surface area contributed by atoms with Crippen molar-refractivity contribution in [2.24, 2.45) is 0 Å². The molecule has 3 aromatic heterocycles. The van der Waals surface area contributed by atoms with Crippen molar-refractivity contribution in [3.05, 3.63) is 50.3 Å². The van der Waals surface area contributed by atoms with Crippen LogP contribution in [0.1, 0.15) is 21.3 Å². The fraction of sp³-hybridized carbons (Fsp3) is 0.333. The lowest BCUT2D eigenvalue weighted by Gasteiger charge is -2.01. The van der Waals surface area contributed by atoms with Crippen molar-refractivity contribution in [3.63, 3.8) is 0 Å². The van der Waals surface area contributed by atoms with Crippen molar-refractivity contribution in [1.82, 2.24) is 19.7 Å². The van der Waals surface area contributed by atoms with Gasteiger partial charge in [0, 0.05) is 34.8 Å². The molecule has 0 unspecified atom stereocenters. The Labute approximate surface area is 136 Å². The van der Waals surface area contributed by atoms with E-state index in [1.165, 1.54) is 4.88 Å². The minimum absolute atomic E-state index is 0.788. The van der Waals surface area contributed by atoms with E-state index in [2.05, 4.69) is 51.3 Å². The van der Waals surface area contributed by atoms with Crippen molar-refractivity contribution < 1.29 is 0 Å². The van der Waals surface area contributed by atoms with Gasteiger partial charge in [0.1, 0.15) is 5.65 Å². The van der Waals surface area contributed by atoms with E-state index < -0.39 is 0 Å². The lowest BCUT2D eigenvalue weighted by atomic mass is 10.3. The number of hydrogen-bond donors (Lipinski definition) is 1. The number of aryl methyl sites for hydroxylation is 2. The van der Waals surface area contributed by atoms with Crippen LogP contribution in [0.2, 0.25) is 0 Å². The second-order valence-electron chi connectivity index (χ2n) is 5.01. The number of hydrogen-bond acceptors (Lipinski definition) is 4. The fourth-order valence-electron chi connectivity index (χ4n) is 2.32. The van der Waals surface area contributed by atoms with Crippen molar-refractivity contribution in [1.29, 1.82) is 0 Å². The van der Waals surface area contributed by atoms with Gasteiger partial charge < -0.3 is 9.72 Å². The molecular formula is C15H17BrN4S. The van der Waals surface area contributed by atoms with Crippen LogP contribution in [0.3, 0.4) is 0 Å². The molecule has 6 heteroatoms. The highest BCUT2D eigenvalue weighted by atomic mass is 79.9. The van der Waals surface area contributed by atoms with Crippen LogP contribution in [0.5, 0.6) is 0 Å². The van der Waals surface area contributed by atoms with Crippen LogP contribution < -0.4 is 5.32 Å². The third-order valence-electron chi connectivity index (χ3n) is 3.31. The molecule has 3 rings (SSSR count). The number of nitrogens with one attached hydrogen (secondary N) is 1. The molecule has 0 aliphatic carbocycles. The highest BCUT2D eigenvalue weighted by Crippen LogP contribution is 2.17. The summed E-state index contributed by atoms with van der Waals surface area (Å²) in [5.74, 6) is 0. The van der Waals surface area contributed by atoms with Gasteiger partial charge in [0.05, 0.1) is 16.4 Å². The maximum Gasteiger partial charge on any atom is 0.138 e. The van der Waals surface area contributed by atoms with Crippen LogP contribution >= 0.6 is 27.3 Å². The summed E-state index contributed by atoms with van der Waals surface area (Å²) in [7, 11) is 0. The quantitative estimate of drug-likeness (QED) is 0.704. The minimum Gasteiger partial charge on any atom is -0.311 e. The van der Waals surface area contributed by atoms with E-state index in [-0.39, 0.29) is 0 Å². The van der Waals surface area contributed by atoms with Crippen LogP contribution in [0.4, 0.5) is 0 Å². The molecule has 0 radical (unpaired) electrons. The van der Waals surface area contributed by atoms with Crippen molar-refractivity contribution in [3.8, 4) is 0 Å². The zero-order valence-corrected chi connectivity index (χ0v) is 14.5. The Balaban J connectivity index is 1.55. The third kappa shape index (κ3) is 3.51. The molecule has 0 atom stereocenters. The Hall–Kier alpha value is -1.24. The van der Waals surface area contributed by atoms with Crippen LogP contribution in [0.25, 0.3) is 5.65 Å². The van der Waals surface area contributed by atoms with E-state index in [9.17, 15) is 0 Å². The van der Waals surface area contributed by atoms with Gasteiger partial charge in [-0.15, -0.1) is 11.3 Å². The molecule has 0 aliphatic rings. The standard InChI is InChI=1S/C15H17BrN4S/c1-10-14(21-11(2)18-10)3-5-17-8-13-9-20-6-4-12(16)7-15(20)19-13/h4,6-7,9,17H,3,5,8H2,1-2H3. The number of pyridine rings is 1. The minimum atomic E-state index is 0.788. The third-order valence-corrected chi connectivity index (χ3v) is 4.93. The predicted octanol–water partition coefficient (Wildman–Crippen LogP) is 3.50. The number of fused-ring (bicyclic) bond motifs is 1. The highest BCUT2D eigenvalue weighted by Gasteiger charge is 2.05. The first-order valence-electron chi connectivity index (χ1n) is 6.88. The number of thiazole rings is 1. The number of halogens is 1. The fourth-order valence-corrected chi connectivity index (χ4v) is 3.58. The molecule has 3 heterocycles. The van der Waals surface area contributed by atoms with E-state index in [0.29, 0.717) is 0 Å². The van der Waals surface area contributed by atoms with Gasteiger partial charge in [0.25, 0.3) is 0 Å². The van der Waals surface area contributed by atoms with E-state index in [1.54, 1.807) is 11.3 Å². The first-order valence-corrected chi connectivity index (χ1v) is 8.49. The Morgan fingerprint density at radius 3 is 2.95 bits per heavy atom. The molecule has 0 aromatic carbocycles. The Morgan fingerprint density at radius 2 is 2.19 bits per heavy atom. The van der Waals surface area contributed by atoms with Crippen LogP contribution in [-0.2, 0) is 13.0 Å². The zero-order valence-electron chi connectivity index (χ0n) is 12.1. The topological polar surface area (TPSA) is 42.2 Å². The van der Waals surface area contributed by atoms with E-state index in [0.717, 1.165) is 46.0 Å². The van der Waals surface area contributed by atoms with Crippen LogP contribution in [0, 0.1) is 13.8 Å². The Kier molecular flexibility index (Phi) is 4.37. The second kappa shape index (κ2) is 6.25. The molecule has 0 amide bonds. The number of nitrogens with zero attached hydrogens (tertiary/aromatic N) is 3. The summed E-state index contributed by atoms with van der Waals surface area (Å²) in [4.78, 5) is 10.4. The van der Waals surface area contributed by atoms with Gasteiger partial charge in [-0.2, -0.15) is 0 Å². The molecular weight excluding hydrogens is 348 g/mol. The summed E-state index contributed by atoms with van der Waals surface area (Å²) in [6.45, 7) is 5.87. The molecule has 0 bridgehead atoms. The van der Waals surface area contributed by atoms with Crippen LogP contribution in [-0.4, -0.2) is 20.9 Å². The normalized spacial score (nSPS) is 11.4. The van der Waals surface area contributed by atoms with E-state index in [4.69, 9.17) is 0 Å². The zero-order chi connectivity index (χ0) is 14.8. The van der Waals surface area contributed by atoms with Gasteiger partial charge in [-0.3, -0.25) is 0 Å². The second-order valence-corrected chi connectivity index (χ2v) is 7.21. The summed E-state index contributed by atoms with van der Waals surface area (Å²) in [6.07, 6.45) is 5.10. The summed E-state index contributed by atoms with van der Waals surface area (Å²) in [6, 6.07) is 4.04. The van der Waals surface area contributed by atoms with Gasteiger partial charge in [-0.05, 0) is 32.4 Å². The smallest absolute Gasteiger partial charge is 0.138 e. The number of rotatable bonds is 5. The SMILES string of the molecule is Cc1nc(C)c(CCNCc2cn3ccc(Br)cc3n2)s1. The lowest BCUT2D eigenvalue weighted by molar-refractivity contribution is 0.679. The van der Waals surface area contributed by atoms with E-state index >= 15 is 0 Å². The monoisotopic (exact) mass is 364 g/mol. The molecule has 110 valence electrons. The summed E-state index contributed by atoms with van der Waals surface area (Å²) in [5.41, 5.74) is 3.19. The average Bonchev–Trinajstić information content (AvgIpc) is 2.97. The molecule has 0 spiro atoms. The molecule has 0 aliphatic heterocycles. The predicted molar refractivity (Wildman–Crippen MR) is 89.9 cm³/mol. The largest absolute Gasteiger partial charge is 0.311 e. The maximum atomic E-state index is 4.60. The molecule has 21 heavy (non-hydrogen) atoms. The molecule has 3 aromatic rings. The van der Waals surface area contributed by atoms with Gasteiger partial charge in [0.2, 0.25) is 0 Å². The van der Waals surface area contributed by atoms with Crippen molar-refractivity contribution in [2.45, 2.75) is 26.8 Å². The molecule has 4 nitrogen and oxygen atoms in total. The van der Waals surface area contributed by atoms with Gasteiger partial charge >= 0.3 is 0 Å². The van der Waals surface area contributed by atoms with Crippen LogP contribution in [0.15, 0.2) is 29.0 Å². The van der Waals surface area contributed by atoms with Gasteiger partial charge in [0.15, 0.2) is 0 Å². The number of aromatic nitrogens is 3. The summed E-state index contributed by atoms with van der Waals surface area (Å²) >= 11 is 5.26. The van der Waals surface area contributed by atoms with Gasteiger partial charge in [-0.25, -0.2) is 9.97 Å². The maximum absolute atomic E-state index is 4.60. The summed E-state index contributed by atoms with van der Waals surface area (Å²) in [5, 5.41) is 4.60. The number of imidazole rings is 1.